The zero-order chi connectivity index (χ0) is 11.9. The van der Waals surface area contributed by atoms with E-state index in [1.165, 1.54) is 6.07 Å². The lowest BCUT2D eigenvalue weighted by Gasteiger charge is -2.24. The molecule has 0 aromatic heterocycles. The number of halogens is 3. The number of hydrogen-bond donors (Lipinski definition) is 1. The van der Waals surface area contributed by atoms with E-state index in [1.807, 2.05) is 6.92 Å². The summed E-state index contributed by atoms with van der Waals surface area (Å²) in [5.41, 5.74) is 0.168. The predicted molar refractivity (Wildman–Crippen MR) is 55.5 cm³/mol. The second-order valence-corrected chi connectivity index (χ2v) is 4.64. The minimum Gasteiger partial charge on any atom is -0.312 e. The molecule has 0 radical (unpaired) electrons. The summed E-state index contributed by atoms with van der Waals surface area (Å²) in [5, 5.41) is 2.98. The van der Waals surface area contributed by atoms with Crippen LogP contribution in [-0.2, 0) is 0 Å². The molecule has 0 bridgehead atoms. The Balaban J connectivity index is 2.43. The first-order valence-corrected chi connectivity index (χ1v) is 5.30. The van der Waals surface area contributed by atoms with E-state index in [9.17, 15) is 13.2 Å². The van der Waals surface area contributed by atoms with Crippen molar-refractivity contribution in [3.8, 4) is 0 Å². The van der Waals surface area contributed by atoms with Gasteiger partial charge >= 0.3 is 0 Å². The highest BCUT2D eigenvalue weighted by molar-refractivity contribution is 5.27. The molecule has 1 fully saturated rings. The zero-order valence-electron chi connectivity index (χ0n) is 9.28. The van der Waals surface area contributed by atoms with Gasteiger partial charge in [0.15, 0.2) is 17.5 Å². The van der Waals surface area contributed by atoms with Crippen molar-refractivity contribution < 1.29 is 13.2 Å². The summed E-state index contributed by atoms with van der Waals surface area (Å²) in [6, 6.07) is 2.03. The molecule has 4 heteroatoms. The minimum absolute atomic E-state index is 0.0418. The van der Waals surface area contributed by atoms with Gasteiger partial charge in [-0.3, -0.25) is 0 Å². The van der Waals surface area contributed by atoms with Crippen LogP contribution in [0.5, 0.6) is 0 Å². The van der Waals surface area contributed by atoms with Gasteiger partial charge in [-0.1, -0.05) is 13.0 Å². The Hall–Kier alpha value is -1.03. The molecule has 1 aromatic carbocycles. The van der Waals surface area contributed by atoms with Crippen molar-refractivity contribution in [2.45, 2.75) is 25.8 Å². The van der Waals surface area contributed by atoms with Crippen molar-refractivity contribution in [3.63, 3.8) is 0 Å². The molecule has 0 saturated heterocycles. The normalized spacial score (nSPS) is 19.6. The first-order chi connectivity index (χ1) is 7.49. The van der Waals surface area contributed by atoms with Crippen molar-refractivity contribution in [2.75, 3.05) is 7.05 Å². The fraction of sp³-hybridized carbons (Fsp3) is 0.500. The van der Waals surface area contributed by atoms with Crippen LogP contribution < -0.4 is 5.32 Å². The quantitative estimate of drug-likeness (QED) is 0.785. The highest BCUT2D eigenvalue weighted by atomic mass is 19.2. The van der Waals surface area contributed by atoms with Crippen LogP contribution >= 0.6 is 0 Å². The highest BCUT2D eigenvalue weighted by Gasteiger charge is 2.46. The number of rotatable bonds is 3. The van der Waals surface area contributed by atoms with Gasteiger partial charge in [0.2, 0.25) is 0 Å². The van der Waals surface area contributed by atoms with E-state index >= 15 is 0 Å². The second-order valence-electron chi connectivity index (χ2n) is 4.64. The maximum Gasteiger partial charge on any atom is 0.194 e. The van der Waals surface area contributed by atoms with Gasteiger partial charge in [0.1, 0.15) is 0 Å². The third-order valence-electron chi connectivity index (χ3n) is 3.40. The number of benzene rings is 1. The fourth-order valence-corrected chi connectivity index (χ4v) is 2.13. The zero-order valence-corrected chi connectivity index (χ0v) is 9.28. The van der Waals surface area contributed by atoms with Crippen LogP contribution in [0.2, 0.25) is 0 Å². The van der Waals surface area contributed by atoms with E-state index in [4.69, 9.17) is 0 Å². The van der Waals surface area contributed by atoms with Crippen LogP contribution in [0, 0.1) is 22.9 Å². The molecule has 0 heterocycles. The molecule has 1 aliphatic rings. The molecule has 1 N–H and O–H groups in total. The van der Waals surface area contributed by atoms with Crippen LogP contribution in [0.25, 0.3) is 0 Å². The Labute approximate surface area is 92.7 Å². The molecule has 88 valence electrons. The molecule has 1 aliphatic carbocycles. The fourth-order valence-electron chi connectivity index (χ4n) is 2.13. The Bertz CT molecular complexity index is 413. The van der Waals surface area contributed by atoms with E-state index in [2.05, 4.69) is 5.32 Å². The largest absolute Gasteiger partial charge is 0.312 e. The van der Waals surface area contributed by atoms with E-state index < -0.39 is 17.5 Å². The molecule has 0 amide bonds. The smallest absolute Gasteiger partial charge is 0.194 e. The maximum atomic E-state index is 13.6. The van der Waals surface area contributed by atoms with Gasteiger partial charge in [-0.15, -0.1) is 0 Å². The van der Waals surface area contributed by atoms with Gasteiger partial charge in [-0.05, 0) is 31.4 Å². The molecule has 1 atom stereocenters. The third-order valence-corrected chi connectivity index (χ3v) is 3.40. The Morgan fingerprint density at radius 3 is 2.31 bits per heavy atom. The first-order valence-electron chi connectivity index (χ1n) is 5.30. The van der Waals surface area contributed by atoms with E-state index in [1.54, 1.807) is 7.05 Å². The molecule has 0 spiro atoms. The average Bonchev–Trinajstić information content (AvgIpc) is 2.98. The molecule has 2 rings (SSSR count). The Kier molecular flexibility index (Phi) is 2.70. The molecular formula is C12H14F3N. The van der Waals surface area contributed by atoms with Crippen molar-refractivity contribution in [2.24, 2.45) is 5.41 Å². The van der Waals surface area contributed by atoms with Gasteiger partial charge in [0.05, 0.1) is 0 Å². The van der Waals surface area contributed by atoms with Crippen LogP contribution in [0.4, 0.5) is 13.2 Å². The van der Waals surface area contributed by atoms with Crippen LogP contribution in [0.3, 0.4) is 0 Å². The molecule has 1 aromatic rings. The first kappa shape index (κ1) is 11.5. The monoisotopic (exact) mass is 229 g/mol. The summed E-state index contributed by atoms with van der Waals surface area (Å²) in [4.78, 5) is 0. The highest BCUT2D eigenvalue weighted by Crippen LogP contribution is 2.54. The Morgan fingerprint density at radius 2 is 1.81 bits per heavy atom. The lowest BCUT2D eigenvalue weighted by molar-refractivity contribution is 0.362. The van der Waals surface area contributed by atoms with Gasteiger partial charge in [0.25, 0.3) is 0 Å². The van der Waals surface area contributed by atoms with Crippen LogP contribution in [0.1, 0.15) is 31.4 Å². The maximum absolute atomic E-state index is 13.6. The minimum atomic E-state index is -1.39. The van der Waals surface area contributed by atoms with Gasteiger partial charge in [0, 0.05) is 11.6 Å². The van der Waals surface area contributed by atoms with Crippen LogP contribution in [-0.4, -0.2) is 7.05 Å². The molecule has 1 nitrogen and oxygen atoms in total. The van der Waals surface area contributed by atoms with Crippen molar-refractivity contribution in [1.82, 2.24) is 5.32 Å². The predicted octanol–water partition coefficient (Wildman–Crippen LogP) is 3.16. The molecule has 1 saturated carbocycles. The van der Waals surface area contributed by atoms with Gasteiger partial charge in [-0.25, -0.2) is 13.2 Å². The standard InChI is InChI=1S/C12H14F3N/c1-12(5-6-12)11(16-2)7-3-4-8(13)10(15)9(7)14/h3-4,11,16H,5-6H2,1-2H3. The summed E-state index contributed by atoms with van der Waals surface area (Å²) in [6.45, 7) is 2.01. The number of nitrogens with one attached hydrogen (secondary N) is 1. The Morgan fingerprint density at radius 1 is 1.19 bits per heavy atom. The van der Waals surface area contributed by atoms with E-state index in [-0.39, 0.29) is 17.0 Å². The summed E-state index contributed by atoms with van der Waals surface area (Å²) >= 11 is 0. The number of hydrogen-bond acceptors (Lipinski definition) is 1. The van der Waals surface area contributed by atoms with E-state index in [0.717, 1.165) is 18.9 Å². The average molecular weight is 229 g/mol. The van der Waals surface area contributed by atoms with Gasteiger partial charge in [-0.2, -0.15) is 0 Å². The summed E-state index contributed by atoms with van der Waals surface area (Å²) in [7, 11) is 1.70. The lowest BCUT2D eigenvalue weighted by atomic mass is 9.91. The summed E-state index contributed by atoms with van der Waals surface area (Å²) in [5.74, 6) is -3.61. The summed E-state index contributed by atoms with van der Waals surface area (Å²) in [6.07, 6.45) is 1.94. The SMILES string of the molecule is CNC(c1ccc(F)c(F)c1F)C1(C)CC1. The van der Waals surface area contributed by atoms with Crippen molar-refractivity contribution >= 4 is 0 Å². The molecule has 0 aliphatic heterocycles. The lowest BCUT2D eigenvalue weighted by Crippen LogP contribution is -2.26. The van der Waals surface area contributed by atoms with Gasteiger partial charge < -0.3 is 5.32 Å². The van der Waals surface area contributed by atoms with Crippen molar-refractivity contribution in [3.05, 3.63) is 35.1 Å². The third kappa shape index (κ3) is 1.71. The van der Waals surface area contributed by atoms with E-state index in [0.29, 0.717) is 0 Å². The van der Waals surface area contributed by atoms with Crippen LogP contribution in [0.15, 0.2) is 12.1 Å². The molecule has 16 heavy (non-hydrogen) atoms. The second kappa shape index (κ2) is 3.77. The topological polar surface area (TPSA) is 12.0 Å². The summed E-state index contributed by atoms with van der Waals surface area (Å²) < 4.78 is 39.5. The van der Waals surface area contributed by atoms with Crippen molar-refractivity contribution in [1.29, 1.82) is 0 Å². The molecular weight excluding hydrogens is 215 g/mol. The molecule has 1 unspecified atom stereocenters.